The average molecular weight is 331 g/mol. The van der Waals surface area contributed by atoms with Crippen molar-refractivity contribution < 1.29 is 14.3 Å². The number of hydrogen-bond donors (Lipinski definition) is 1. The highest BCUT2D eigenvalue weighted by molar-refractivity contribution is 5.89. The summed E-state index contributed by atoms with van der Waals surface area (Å²) in [6.45, 7) is 0.924. The second-order valence-corrected chi connectivity index (χ2v) is 6.77. The summed E-state index contributed by atoms with van der Waals surface area (Å²) in [6, 6.07) is 3.76. The Labute approximate surface area is 142 Å². The van der Waals surface area contributed by atoms with Gasteiger partial charge in [0.25, 0.3) is 0 Å². The van der Waals surface area contributed by atoms with E-state index in [0.717, 1.165) is 18.4 Å². The minimum atomic E-state index is -0.248. The maximum atomic E-state index is 12.2. The number of nitrogens with one attached hydrogen (secondary N) is 1. The molecule has 130 valence electrons. The van der Waals surface area contributed by atoms with Gasteiger partial charge in [-0.1, -0.05) is 6.42 Å². The molecule has 2 amide bonds. The van der Waals surface area contributed by atoms with E-state index in [0.29, 0.717) is 25.4 Å². The maximum Gasteiger partial charge on any atom is 0.225 e. The number of carbonyl (C=O) groups excluding carboxylic acids is 2. The van der Waals surface area contributed by atoms with Gasteiger partial charge in [0.05, 0.1) is 5.92 Å². The van der Waals surface area contributed by atoms with E-state index in [1.807, 2.05) is 12.1 Å². The number of likely N-dealkylation sites (tertiary alicyclic amines) is 1. The van der Waals surface area contributed by atoms with Gasteiger partial charge in [-0.15, -0.1) is 0 Å². The van der Waals surface area contributed by atoms with Gasteiger partial charge in [0.1, 0.15) is 6.10 Å². The van der Waals surface area contributed by atoms with Gasteiger partial charge in [0.15, 0.2) is 0 Å². The first-order valence-corrected chi connectivity index (χ1v) is 8.75. The molecule has 0 aromatic carbocycles. The summed E-state index contributed by atoms with van der Waals surface area (Å²) < 4.78 is 5.96. The van der Waals surface area contributed by atoms with Crippen LogP contribution >= 0.6 is 0 Å². The zero-order valence-electron chi connectivity index (χ0n) is 14.2. The highest BCUT2D eigenvalue weighted by atomic mass is 16.5. The van der Waals surface area contributed by atoms with Crippen molar-refractivity contribution in [1.29, 1.82) is 0 Å². The predicted octanol–water partition coefficient (Wildman–Crippen LogP) is 1.89. The van der Waals surface area contributed by atoms with Crippen LogP contribution in [0.3, 0.4) is 0 Å². The first kappa shape index (κ1) is 16.7. The maximum absolute atomic E-state index is 12.2. The Morgan fingerprint density at radius 3 is 2.88 bits per heavy atom. The molecule has 2 heterocycles. The first-order chi connectivity index (χ1) is 11.6. The van der Waals surface area contributed by atoms with Crippen LogP contribution in [0.4, 0.5) is 0 Å². The summed E-state index contributed by atoms with van der Waals surface area (Å²) in [5.74, 6) is 0.341. The Morgan fingerprint density at radius 1 is 1.38 bits per heavy atom. The van der Waals surface area contributed by atoms with Crippen LogP contribution in [0.25, 0.3) is 0 Å². The van der Waals surface area contributed by atoms with E-state index < -0.39 is 0 Å². The van der Waals surface area contributed by atoms with Gasteiger partial charge in [0.2, 0.25) is 17.7 Å². The third-order valence-electron chi connectivity index (χ3n) is 4.82. The fourth-order valence-electron chi connectivity index (χ4n) is 3.35. The van der Waals surface area contributed by atoms with Crippen molar-refractivity contribution in [2.45, 2.75) is 51.2 Å². The molecule has 1 N–H and O–H groups in total. The van der Waals surface area contributed by atoms with E-state index in [2.05, 4.69) is 10.3 Å². The normalized spacial score (nSPS) is 21.8. The molecule has 6 heteroatoms. The number of pyridine rings is 1. The molecular weight excluding hydrogens is 306 g/mol. The average Bonchev–Trinajstić information content (AvgIpc) is 2.93. The number of aromatic nitrogens is 1. The lowest BCUT2D eigenvalue weighted by molar-refractivity contribution is -0.128. The van der Waals surface area contributed by atoms with E-state index in [4.69, 9.17) is 4.74 Å². The minimum absolute atomic E-state index is 0.0298. The van der Waals surface area contributed by atoms with Crippen molar-refractivity contribution in [3.8, 4) is 5.88 Å². The lowest BCUT2D eigenvalue weighted by Gasteiger charge is -2.22. The third kappa shape index (κ3) is 4.24. The van der Waals surface area contributed by atoms with E-state index >= 15 is 0 Å². The van der Waals surface area contributed by atoms with Crippen molar-refractivity contribution in [2.24, 2.45) is 5.92 Å². The van der Waals surface area contributed by atoms with Crippen molar-refractivity contribution >= 4 is 11.8 Å². The second-order valence-electron chi connectivity index (χ2n) is 6.77. The molecule has 1 aromatic heterocycles. The molecule has 3 rings (SSSR count). The quantitative estimate of drug-likeness (QED) is 0.894. The zero-order valence-corrected chi connectivity index (χ0v) is 14.2. The van der Waals surface area contributed by atoms with Gasteiger partial charge in [0, 0.05) is 38.8 Å². The van der Waals surface area contributed by atoms with Gasteiger partial charge >= 0.3 is 0 Å². The molecule has 6 nitrogen and oxygen atoms in total. The van der Waals surface area contributed by atoms with E-state index in [9.17, 15) is 9.59 Å². The van der Waals surface area contributed by atoms with Gasteiger partial charge in [-0.25, -0.2) is 4.98 Å². The molecule has 1 aromatic rings. The molecule has 0 radical (unpaired) electrons. The number of hydrogen-bond acceptors (Lipinski definition) is 4. The van der Waals surface area contributed by atoms with Gasteiger partial charge in [-0.3, -0.25) is 9.59 Å². The molecule has 1 saturated carbocycles. The minimum Gasteiger partial charge on any atom is -0.474 e. The Bertz CT molecular complexity index is 599. The van der Waals surface area contributed by atoms with Crippen molar-refractivity contribution in [3.63, 3.8) is 0 Å². The topological polar surface area (TPSA) is 71.5 Å². The molecule has 24 heavy (non-hydrogen) atoms. The standard InChI is InChI=1S/C18H25N3O3/c1-21-12-14(10-17(21)22)18(23)20-11-13-7-8-19-16(9-13)24-15-5-3-2-4-6-15/h7-9,14-15H,2-6,10-12H2,1H3,(H,20,23)/t14-/m0/s1. The summed E-state index contributed by atoms with van der Waals surface area (Å²) in [7, 11) is 1.73. The molecule has 0 spiro atoms. The number of ether oxygens (including phenoxy) is 1. The van der Waals surface area contributed by atoms with Crippen molar-refractivity contribution in [2.75, 3.05) is 13.6 Å². The molecule has 1 saturated heterocycles. The highest BCUT2D eigenvalue weighted by Gasteiger charge is 2.31. The largest absolute Gasteiger partial charge is 0.474 e. The van der Waals surface area contributed by atoms with Crippen LogP contribution in [0.1, 0.15) is 44.1 Å². The smallest absolute Gasteiger partial charge is 0.225 e. The molecule has 1 aliphatic carbocycles. The molecule has 2 aliphatic rings. The molecule has 0 unspecified atom stereocenters. The summed E-state index contributed by atoms with van der Waals surface area (Å²) in [6.07, 6.45) is 8.18. The van der Waals surface area contributed by atoms with E-state index in [1.165, 1.54) is 19.3 Å². The van der Waals surface area contributed by atoms with Crippen molar-refractivity contribution in [3.05, 3.63) is 23.9 Å². The molecule has 2 fully saturated rings. The fraction of sp³-hybridized carbons (Fsp3) is 0.611. The second kappa shape index (κ2) is 7.64. The fourth-order valence-corrected chi connectivity index (χ4v) is 3.35. The third-order valence-corrected chi connectivity index (χ3v) is 4.82. The van der Waals surface area contributed by atoms with Crippen LogP contribution < -0.4 is 10.1 Å². The van der Waals surface area contributed by atoms with Crippen molar-refractivity contribution in [1.82, 2.24) is 15.2 Å². The SMILES string of the molecule is CN1C[C@@H](C(=O)NCc2ccnc(OC3CCCCC3)c2)CC1=O. The van der Waals surface area contributed by atoms with Crippen LogP contribution in [0.2, 0.25) is 0 Å². The van der Waals surface area contributed by atoms with Crippen LogP contribution in [0, 0.1) is 5.92 Å². The summed E-state index contributed by atoms with van der Waals surface area (Å²) in [4.78, 5) is 29.6. The van der Waals surface area contributed by atoms with Crippen LogP contribution in [-0.4, -0.2) is 41.4 Å². The van der Waals surface area contributed by atoms with Crippen LogP contribution in [0.5, 0.6) is 5.88 Å². The van der Waals surface area contributed by atoms with E-state index in [-0.39, 0.29) is 23.8 Å². The van der Waals surface area contributed by atoms with Gasteiger partial charge in [-0.05, 0) is 37.3 Å². The molecular formula is C18H25N3O3. The summed E-state index contributed by atoms with van der Waals surface area (Å²) in [5.41, 5.74) is 0.960. The number of nitrogens with zero attached hydrogens (tertiary/aromatic N) is 2. The summed E-state index contributed by atoms with van der Waals surface area (Å²) >= 11 is 0. The first-order valence-electron chi connectivity index (χ1n) is 8.75. The van der Waals surface area contributed by atoms with E-state index in [1.54, 1.807) is 18.1 Å². The number of amides is 2. The van der Waals surface area contributed by atoms with Crippen LogP contribution in [-0.2, 0) is 16.1 Å². The number of carbonyl (C=O) groups is 2. The molecule has 1 atom stereocenters. The van der Waals surface area contributed by atoms with Gasteiger partial charge in [-0.2, -0.15) is 0 Å². The predicted molar refractivity (Wildman–Crippen MR) is 89.3 cm³/mol. The molecule has 0 bridgehead atoms. The lowest BCUT2D eigenvalue weighted by Crippen LogP contribution is -2.31. The number of rotatable bonds is 5. The monoisotopic (exact) mass is 331 g/mol. The van der Waals surface area contributed by atoms with Gasteiger partial charge < -0.3 is 15.0 Å². The Hall–Kier alpha value is -2.11. The van der Waals surface area contributed by atoms with Crippen LogP contribution in [0.15, 0.2) is 18.3 Å². The molecule has 1 aliphatic heterocycles. The Kier molecular flexibility index (Phi) is 5.33. The zero-order chi connectivity index (χ0) is 16.9. The summed E-state index contributed by atoms with van der Waals surface area (Å²) in [5, 5.41) is 2.91. The highest BCUT2D eigenvalue weighted by Crippen LogP contribution is 2.22. The Morgan fingerprint density at radius 2 is 2.17 bits per heavy atom. The lowest BCUT2D eigenvalue weighted by atomic mass is 9.98. The Balaban J connectivity index is 1.51.